The Kier molecular flexibility index (Phi) is 8.14. The lowest BCUT2D eigenvalue weighted by molar-refractivity contribution is -0.116. The summed E-state index contributed by atoms with van der Waals surface area (Å²) >= 11 is 0. The van der Waals surface area contributed by atoms with Gasteiger partial charge in [-0.1, -0.05) is 12.1 Å². The van der Waals surface area contributed by atoms with Crippen LogP contribution in [0.2, 0.25) is 0 Å². The molecule has 1 heterocycles. The number of amides is 2. The average Bonchev–Trinajstić information content (AvgIpc) is 3.52. The van der Waals surface area contributed by atoms with Gasteiger partial charge in [0.25, 0.3) is 0 Å². The molecule has 3 rings (SSSR count). The maximum atomic E-state index is 12.5. The summed E-state index contributed by atoms with van der Waals surface area (Å²) in [6.45, 7) is 8.27. The van der Waals surface area contributed by atoms with Crippen molar-refractivity contribution in [2.75, 3.05) is 45.7 Å². The van der Waals surface area contributed by atoms with E-state index in [1.807, 2.05) is 64.0 Å². The van der Waals surface area contributed by atoms with Gasteiger partial charge >= 0.3 is 6.09 Å². The Morgan fingerprint density at radius 3 is 2.69 bits per heavy atom. The van der Waals surface area contributed by atoms with E-state index >= 15 is 0 Å². The van der Waals surface area contributed by atoms with Gasteiger partial charge < -0.3 is 29.9 Å². The minimum absolute atomic E-state index is 0.0335. The number of carbonyl (C=O) groups excluding carboxylic acids is 2. The van der Waals surface area contributed by atoms with Gasteiger partial charge in [0.2, 0.25) is 5.91 Å². The first-order valence-corrected chi connectivity index (χ1v) is 11.5. The lowest BCUT2D eigenvalue weighted by Crippen LogP contribution is -2.55. The molecule has 178 valence electrons. The molecular formula is C24H38N4O4. The first-order chi connectivity index (χ1) is 15.1. The number of hydrogen-bond donors (Lipinski definition) is 2. The number of morpholine rings is 1. The van der Waals surface area contributed by atoms with Crippen molar-refractivity contribution in [3.8, 4) is 0 Å². The highest BCUT2D eigenvalue weighted by Crippen LogP contribution is 2.36. The van der Waals surface area contributed by atoms with E-state index in [9.17, 15) is 9.59 Å². The fourth-order valence-corrected chi connectivity index (χ4v) is 3.92. The van der Waals surface area contributed by atoms with Crippen LogP contribution in [0.3, 0.4) is 0 Å². The van der Waals surface area contributed by atoms with E-state index in [4.69, 9.17) is 9.47 Å². The van der Waals surface area contributed by atoms with Crippen LogP contribution >= 0.6 is 0 Å². The Hall–Kier alpha value is -2.16. The van der Waals surface area contributed by atoms with Crippen LogP contribution in [0.1, 0.15) is 39.2 Å². The Labute approximate surface area is 191 Å². The second-order valence-corrected chi connectivity index (χ2v) is 10.1. The number of likely N-dealkylation sites (N-methyl/N-ethyl adjacent to an activating group) is 1. The molecule has 0 radical (unpaired) electrons. The molecule has 2 fully saturated rings. The first kappa shape index (κ1) is 24.5. The molecule has 0 unspecified atom stereocenters. The molecule has 0 spiro atoms. The van der Waals surface area contributed by atoms with E-state index < -0.39 is 5.60 Å². The van der Waals surface area contributed by atoms with Gasteiger partial charge in [0.05, 0.1) is 25.8 Å². The Balaban J connectivity index is 1.57. The lowest BCUT2D eigenvalue weighted by Gasteiger charge is -2.38. The van der Waals surface area contributed by atoms with Crippen molar-refractivity contribution < 1.29 is 19.1 Å². The monoisotopic (exact) mass is 446 g/mol. The van der Waals surface area contributed by atoms with Gasteiger partial charge in [-0.25, -0.2) is 4.79 Å². The summed E-state index contributed by atoms with van der Waals surface area (Å²) in [6, 6.07) is 8.08. The van der Waals surface area contributed by atoms with Crippen molar-refractivity contribution in [1.29, 1.82) is 0 Å². The van der Waals surface area contributed by atoms with E-state index in [0.29, 0.717) is 38.7 Å². The summed E-state index contributed by atoms with van der Waals surface area (Å²) in [5.74, 6) is 0.523. The van der Waals surface area contributed by atoms with Crippen molar-refractivity contribution in [2.24, 2.45) is 5.92 Å². The van der Waals surface area contributed by atoms with Crippen LogP contribution in [0, 0.1) is 5.92 Å². The summed E-state index contributed by atoms with van der Waals surface area (Å²) in [5, 5.41) is 6.61. The lowest BCUT2D eigenvalue weighted by atomic mass is 10.0. The molecule has 1 aromatic rings. The fourth-order valence-electron chi connectivity index (χ4n) is 3.92. The molecule has 32 heavy (non-hydrogen) atoms. The molecule has 1 saturated carbocycles. The zero-order valence-corrected chi connectivity index (χ0v) is 20.0. The van der Waals surface area contributed by atoms with Crippen LogP contribution in [0.4, 0.5) is 10.5 Å². The maximum Gasteiger partial charge on any atom is 0.410 e. The minimum Gasteiger partial charge on any atom is -0.444 e. The van der Waals surface area contributed by atoms with Crippen molar-refractivity contribution in [3.63, 3.8) is 0 Å². The number of hydrogen-bond acceptors (Lipinski definition) is 6. The molecule has 2 aliphatic rings. The van der Waals surface area contributed by atoms with E-state index in [0.717, 1.165) is 11.3 Å². The van der Waals surface area contributed by atoms with Crippen molar-refractivity contribution >= 4 is 17.7 Å². The van der Waals surface area contributed by atoms with Gasteiger partial charge in [0.1, 0.15) is 5.60 Å². The molecule has 1 aliphatic heterocycles. The molecule has 0 aromatic heterocycles. The summed E-state index contributed by atoms with van der Waals surface area (Å²) in [5.41, 5.74) is 1.38. The van der Waals surface area contributed by atoms with Crippen LogP contribution in [-0.4, -0.2) is 79.9 Å². The molecule has 2 N–H and O–H groups in total. The Bertz CT molecular complexity index is 788. The van der Waals surface area contributed by atoms with Crippen LogP contribution in [0.25, 0.3) is 0 Å². The molecule has 8 nitrogen and oxygen atoms in total. The molecule has 1 saturated heterocycles. The fraction of sp³-hybridized carbons (Fsp3) is 0.667. The van der Waals surface area contributed by atoms with Crippen LogP contribution in [0.15, 0.2) is 24.3 Å². The summed E-state index contributed by atoms with van der Waals surface area (Å²) in [4.78, 5) is 28.2. The van der Waals surface area contributed by atoms with Gasteiger partial charge in [-0.2, -0.15) is 0 Å². The molecule has 1 aromatic carbocycles. The summed E-state index contributed by atoms with van der Waals surface area (Å²) in [7, 11) is 3.74. The Morgan fingerprint density at radius 1 is 1.28 bits per heavy atom. The topological polar surface area (TPSA) is 83.1 Å². The molecule has 8 heteroatoms. The highest BCUT2D eigenvalue weighted by molar-refractivity contribution is 5.92. The van der Waals surface area contributed by atoms with Gasteiger partial charge in [-0.15, -0.1) is 0 Å². The average molecular weight is 447 g/mol. The molecule has 2 atom stereocenters. The number of nitrogens with one attached hydrogen (secondary N) is 2. The normalized spacial score (nSPS) is 20.2. The van der Waals surface area contributed by atoms with Crippen LogP contribution in [0.5, 0.6) is 0 Å². The van der Waals surface area contributed by atoms with Crippen molar-refractivity contribution in [3.05, 3.63) is 29.8 Å². The molecule has 2 amide bonds. The van der Waals surface area contributed by atoms with Crippen LogP contribution in [-0.2, 0) is 20.8 Å². The second-order valence-electron chi connectivity index (χ2n) is 10.1. The smallest absolute Gasteiger partial charge is 0.410 e. The molecule has 1 aliphatic carbocycles. The van der Waals surface area contributed by atoms with E-state index in [-0.39, 0.29) is 24.1 Å². The standard InChI is InChI=1S/C24H38N4O4/c1-24(2,3)32-23(30)28-11-12-31-20(15-28)22(18-9-10-18)25-14-17-7-6-8-19(13-17)26-21(29)16-27(4)5/h6-8,13,18,20,22,25H,9-12,14-16H2,1-5H3,(H,26,29)/t20-,22+/m1/s1. The number of ether oxygens (including phenoxy) is 2. The largest absolute Gasteiger partial charge is 0.444 e. The number of benzene rings is 1. The number of rotatable bonds is 8. The Morgan fingerprint density at radius 2 is 2.03 bits per heavy atom. The number of carbonyl (C=O) groups is 2. The van der Waals surface area contributed by atoms with Crippen molar-refractivity contribution in [2.45, 2.75) is 57.9 Å². The summed E-state index contributed by atoms with van der Waals surface area (Å²) in [6.07, 6.45) is 2.00. The summed E-state index contributed by atoms with van der Waals surface area (Å²) < 4.78 is 11.6. The SMILES string of the molecule is CN(C)CC(=O)Nc1cccc(CN[C@@H](C2CC2)[C@H]2CN(C(=O)OC(C)(C)C)CCO2)c1. The minimum atomic E-state index is -0.508. The highest BCUT2D eigenvalue weighted by Gasteiger charge is 2.40. The zero-order chi connectivity index (χ0) is 23.3. The number of nitrogens with zero attached hydrogens (tertiary/aromatic N) is 2. The number of anilines is 1. The quantitative estimate of drug-likeness (QED) is 0.639. The van der Waals surface area contributed by atoms with Crippen molar-refractivity contribution in [1.82, 2.24) is 15.1 Å². The van der Waals surface area contributed by atoms with Gasteiger partial charge in [-0.05, 0) is 71.3 Å². The van der Waals surface area contributed by atoms with E-state index in [2.05, 4.69) is 10.6 Å². The molecular weight excluding hydrogens is 408 g/mol. The second kappa shape index (κ2) is 10.6. The van der Waals surface area contributed by atoms with Gasteiger partial charge in [0, 0.05) is 24.8 Å². The van der Waals surface area contributed by atoms with Crippen LogP contribution < -0.4 is 10.6 Å². The van der Waals surface area contributed by atoms with E-state index in [1.54, 1.807) is 4.90 Å². The van der Waals surface area contributed by atoms with E-state index in [1.165, 1.54) is 12.8 Å². The highest BCUT2D eigenvalue weighted by atomic mass is 16.6. The zero-order valence-electron chi connectivity index (χ0n) is 20.0. The predicted octanol–water partition coefficient (Wildman–Crippen LogP) is 2.69. The first-order valence-electron chi connectivity index (χ1n) is 11.5. The molecule has 0 bridgehead atoms. The predicted molar refractivity (Wildman–Crippen MR) is 125 cm³/mol. The third-order valence-electron chi connectivity index (χ3n) is 5.49. The third kappa shape index (κ3) is 7.76. The third-order valence-corrected chi connectivity index (χ3v) is 5.49. The van der Waals surface area contributed by atoms with Gasteiger partial charge in [-0.3, -0.25) is 4.79 Å². The van der Waals surface area contributed by atoms with Gasteiger partial charge in [0.15, 0.2) is 0 Å². The maximum absolute atomic E-state index is 12.5.